The Kier molecular flexibility index (Phi) is 4.74. The molecule has 1 saturated carbocycles. The molecular formula is C10H16N2O5. The van der Waals surface area contributed by atoms with Crippen LogP contribution in [0.4, 0.5) is 4.79 Å². The lowest BCUT2D eigenvalue weighted by Gasteiger charge is -2.13. The standard InChI is InChI=1S/C10H16N2O5/c13-8(14)5-7(9(15)16)12-10(17)11-4-3-6-1-2-6/h6-7H,1-5H2,(H,13,14)(H,15,16)(H2,11,12,17)/t7-/m0/s1. The molecule has 7 heteroatoms. The van der Waals surface area contributed by atoms with Crippen molar-refractivity contribution in [2.75, 3.05) is 6.54 Å². The van der Waals surface area contributed by atoms with Crippen LogP contribution in [0.5, 0.6) is 0 Å². The van der Waals surface area contributed by atoms with E-state index in [-0.39, 0.29) is 0 Å². The number of hydrogen-bond acceptors (Lipinski definition) is 3. The molecule has 2 amide bonds. The summed E-state index contributed by atoms with van der Waals surface area (Å²) < 4.78 is 0. The van der Waals surface area contributed by atoms with Crippen LogP contribution in [0, 0.1) is 5.92 Å². The number of amides is 2. The van der Waals surface area contributed by atoms with Crippen LogP contribution in [-0.4, -0.2) is 40.8 Å². The Hall–Kier alpha value is -1.79. The summed E-state index contributed by atoms with van der Waals surface area (Å²) in [4.78, 5) is 32.3. The van der Waals surface area contributed by atoms with E-state index in [0.29, 0.717) is 12.5 Å². The second-order valence-corrected chi connectivity index (χ2v) is 4.12. The normalized spacial score (nSPS) is 16.0. The molecule has 0 saturated heterocycles. The molecule has 1 aliphatic rings. The highest BCUT2D eigenvalue weighted by atomic mass is 16.4. The first-order valence-electron chi connectivity index (χ1n) is 5.48. The van der Waals surface area contributed by atoms with Gasteiger partial charge >= 0.3 is 18.0 Å². The summed E-state index contributed by atoms with van der Waals surface area (Å²) in [6.07, 6.45) is 2.61. The number of aliphatic carboxylic acids is 2. The van der Waals surface area contributed by atoms with Crippen LogP contribution in [0.2, 0.25) is 0 Å². The van der Waals surface area contributed by atoms with Gasteiger partial charge in [-0.2, -0.15) is 0 Å². The zero-order valence-electron chi connectivity index (χ0n) is 9.31. The molecule has 96 valence electrons. The van der Waals surface area contributed by atoms with E-state index in [1.54, 1.807) is 0 Å². The van der Waals surface area contributed by atoms with Crippen molar-refractivity contribution in [1.29, 1.82) is 0 Å². The average Bonchev–Trinajstić information content (AvgIpc) is 2.99. The van der Waals surface area contributed by atoms with E-state index in [1.165, 1.54) is 12.8 Å². The van der Waals surface area contributed by atoms with Gasteiger partial charge in [-0.05, 0) is 12.3 Å². The fourth-order valence-corrected chi connectivity index (χ4v) is 1.38. The second kappa shape index (κ2) is 6.07. The van der Waals surface area contributed by atoms with Crippen LogP contribution in [0.15, 0.2) is 0 Å². The molecule has 1 aliphatic carbocycles. The van der Waals surface area contributed by atoms with Gasteiger partial charge in [-0.1, -0.05) is 12.8 Å². The molecule has 1 atom stereocenters. The average molecular weight is 244 g/mol. The third-order valence-corrected chi connectivity index (χ3v) is 2.52. The van der Waals surface area contributed by atoms with Crippen molar-refractivity contribution in [2.45, 2.75) is 31.7 Å². The monoisotopic (exact) mass is 244 g/mol. The van der Waals surface area contributed by atoms with Crippen LogP contribution in [0.3, 0.4) is 0 Å². The van der Waals surface area contributed by atoms with Crippen molar-refractivity contribution in [1.82, 2.24) is 10.6 Å². The summed E-state index contributed by atoms with van der Waals surface area (Å²) >= 11 is 0. The topological polar surface area (TPSA) is 116 Å². The smallest absolute Gasteiger partial charge is 0.326 e. The molecular weight excluding hydrogens is 228 g/mol. The van der Waals surface area contributed by atoms with E-state index in [0.717, 1.165) is 6.42 Å². The van der Waals surface area contributed by atoms with Crippen LogP contribution >= 0.6 is 0 Å². The number of urea groups is 1. The lowest BCUT2D eigenvalue weighted by molar-refractivity contribution is -0.145. The number of carbonyl (C=O) groups excluding carboxylic acids is 1. The van der Waals surface area contributed by atoms with E-state index in [2.05, 4.69) is 10.6 Å². The fourth-order valence-electron chi connectivity index (χ4n) is 1.38. The maximum Gasteiger partial charge on any atom is 0.326 e. The van der Waals surface area contributed by atoms with Crippen LogP contribution in [0.25, 0.3) is 0 Å². The zero-order valence-corrected chi connectivity index (χ0v) is 9.31. The maximum atomic E-state index is 11.3. The van der Waals surface area contributed by atoms with E-state index in [1.807, 2.05) is 0 Å². The Balaban J connectivity index is 2.24. The van der Waals surface area contributed by atoms with Crippen molar-refractivity contribution in [2.24, 2.45) is 5.92 Å². The fraction of sp³-hybridized carbons (Fsp3) is 0.700. The summed E-state index contributed by atoms with van der Waals surface area (Å²) in [5, 5.41) is 21.8. The van der Waals surface area contributed by atoms with Crippen molar-refractivity contribution in [3.63, 3.8) is 0 Å². The first-order chi connectivity index (χ1) is 7.99. The minimum Gasteiger partial charge on any atom is -0.481 e. The summed E-state index contributed by atoms with van der Waals surface area (Å²) in [6.45, 7) is 0.482. The Labute approximate surface area is 98.2 Å². The molecule has 0 aromatic heterocycles. The molecule has 0 heterocycles. The summed E-state index contributed by atoms with van der Waals surface area (Å²) in [5.41, 5.74) is 0. The van der Waals surface area contributed by atoms with Gasteiger partial charge in [-0.25, -0.2) is 9.59 Å². The first kappa shape index (κ1) is 13.3. The minimum atomic E-state index is -1.39. The van der Waals surface area contributed by atoms with Gasteiger partial charge < -0.3 is 20.8 Å². The van der Waals surface area contributed by atoms with Gasteiger partial charge in [0.15, 0.2) is 0 Å². The first-order valence-corrected chi connectivity index (χ1v) is 5.48. The molecule has 0 radical (unpaired) electrons. The number of hydrogen-bond donors (Lipinski definition) is 4. The SMILES string of the molecule is O=C(O)C[C@H](NC(=O)NCCC1CC1)C(=O)O. The number of rotatable bonds is 7. The Bertz CT molecular complexity index is 314. The van der Waals surface area contributed by atoms with E-state index in [9.17, 15) is 14.4 Å². The lowest BCUT2D eigenvalue weighted by atomic mass is 10.2. The third-order valence-electron chi connectivity index (χ3n) is 2.52. The van der Waals surface area contributed by atoms with Crippen LogP contribution in [0.1, 0.15) is 25.7 Å². The van der Waals surface area contributed by atoms with Crippen molar-refractivity contribution in [3.05, 3.63) is 0 Å². The number of carboxylic acids is 2. The quantitative estimate of drug-likeness (QED) is 0.503. The summed E-state index contributed by atoms with van der Waals surface area (Å²) in [5.74, 6) is -1.95. The van der Waals surface area contributed by atoms with Crippen molar-refractivity contribution in [3.8, 4) is 0 Å². The molecule has 0 aromatic carbocycles. The molecule has 4 N–H and O–H groups in total. The van der Waals surface area contributed by atoms with Crippen LogP contribution < -0.4 is 10.6 Å². The predicted molar refractivity (Wildman–Crippen MR) is 57.6 cm³/mol. The molecule has 0 unspecified atom stereocenters. The van der Waals surface area contributed by atoms with Gasteiger partial charge in [-0.3, -0.25) is 4.79 Å². The molecule has 17 heavy (non-hydrogen) atoms. The van der Waals surface area contributed by atoms with Gasteiger partial charge in [0.1, 0.15) is 6.04 Å². The maximum absolute atomic E-state index is 11.3. The van der Waals surface area contributed by atoms with Gasteiger partial charge in [0.25, 0.3) is 0 Å². The predicted octanol–water partition coefficient (Wildman–Crippen LogP) is 0.0136. The van der Waals surface area contributed by atoms with Gasteiger partial charge in [0.2, 0.25) is 0 Å². The highest BCUT2D eigenvalue weighted by Gasteiger charge is 2.24. The zero-order chi connectivity index (χ0) is 12.8. The lowest BCUT2D eigenvalue weighted by Crippen LogP contribution is -2.47. The Morgan fingerprint density at radius 1 is 1.24 bits per heavy atom. The van der Waals surface area contributed by atoms with Crippen molar-refractivity contribution >= 4 is 18.0 Å². The summed E-state index contributed by atoms with van der Waals surface area (Å²) in [6, 6.07) is -2.03. The number of carbonyl (C=O) groups is 3. The van der Waals surface area contributed by atoms with E-state index in [4.69, 9.17) is 10.2 Å². The summed E-state index contributed by atoms with van der Waals surface area (Å²) in [7, 11) is 0. The van der Waals surface area contributed by atoms with Gasteiger partial charge in [-0.15, -0.1) is 0 Å². The number of carboxylic acid groups (broad SMARTS) is 2. The second-order valence-electron chi connectivity index (χ2n) is 4.12. The minimum absolute atomic E-state index is 0.482. The van der Waals surface area contributed by atoms with Crippen LogP contribution in [-0.2, 0) is 9.59 Å². The molecule has 0 spiro atoms. The number of nitrogens with one attached hydrogen (secondary N) is 2. The third kappa shape index (κ3) is 5.74. The molecule has 0 aromatic rings. The molecule has 0 bridgehead atoms. The highest BCUT2D eigenvalue weighted by Crippen LogP contribution is 2.31. The molecule has 0 aliphatic heterocycles. The van der Waals surface area contributed by atoms with Gasteiger partial charge in [0, 0.05) is 6.54 Å². The molecule has 1 fully saturated rings. The van der Waals surface area contributed by atoms with E-state index >= 15 is 0 Å². The van der Waals surface area contributed by atoms with Crippen molar-refractivity contribution < 1.29 is 24.6 Å². The molecule has 7 nitrogen and oxygen atoms in total. The van der Waals surface area contributed by atoms with Gasteiger partial charge in [0.05, 0.1) is 6.42 Å². The molecule has 1 rings (SSSR count). The highest BCUT2D eigenvalue weighted by molar-refractivity contribution is 5.86. The Morgan fingerprint density at radius 3 is 2.35 bits per heavy atom. The largest absolute Gasteiger partial charge is 0.481 e. The Morgan fingerprint density at radius 2 is 1.88 bits per heavy atom. The van der Waals surface area contributed by atoms with E-state index < -0.39 is 30.4 Å².